The molecule has 0 saturated heterocycles. The van der Waals surface area contributed by atoms with E-state index in [1.165, 1.54) is 6.07 Å². The fourth-order valence-corrected chi connectivity index (χ4v) is 2.72. The number of hydrogen-bond donors (Lipinski definition) is 2. The predicted octanol–water partition coefficient (Wildman–Crippen LogP) is 3.10. The van der Waals surface area contributed by atoms with Gasteiger partial charge in [0.05, 0.1) is 11.1 Å². The van der Waals surface area contributed by atoms with Crippen LogP contribution < -0.4 is 5.43 Å². The van der Waals surface area contributed by atoms with Crippen molar-refractivity contribution in [1.29, 1.82) is 0 Å². The van der Waals surface area contributed by atoms with Gasteiger partial charge in [0, 0.05) is 21.2 Å². The normalized spacial score (nSPS) is 11.1. The second kappa shape index (κ2) is 4.68. The van der Waals surface area contributed by atoms with Gasteiger partial charge in [-0.3, -0.25) is 4.79 Å². The Morgan fingerprint density at radius 2 is 2.00 bits per heavy atom. The van der Waals surface area contributed by atoms with Gasteiger partial charge in [-0.25, -0.2) is 4.79 Å². The minimum Gasteiger partial charge on any atom is -0.478 e. The fraction of sp³-hybridized carbons (Fsp3) is 0.0667. The van der Waals surface area contributed by atoms with E-state index in [2.05, 4.69) is 4.98 Å². The zero-order valence-electron chi connectivity index (χ0n) is 10.6. The Morgan fingerprint density at radius 3 is 2.70 bits per heavy atom. The van der Waals surface area contributed by atoms with E-state index in [9.17, 15) is 14.7 Å². The van der Waals surface area contributed by atoms with E-state index < -0.39 is 5.97 Å². The quantitative estimate of drug-likeness (QED) is 0.560. The second-order valence-electron chi connectivity index (χ2n) is 4.40. The number of carbonyl (C=O) groups is 1. The predicted molar refractivity (Wildman–Crippen MR) is 80.8 cm³/mol. The Labute approximate surface area is 118 Å². The third-order valence-electron chi connectivity index (χ3n) is 3.27. The number of nitrogens with one attached hydrogen (secondary N) is 1. The summed E-state index contributed by atoms with van der Waals surface area (Å²) in [4.78, 5) is 27.8. The molecule has 0 saturated carbocycles. The minimum atomic E-state index is -1.05. The van der Waals surface area contributed by atoms with Crippen molar-refractivity contribution in [3.05, 3.63) is 52.2 Å². The molecule has 20 heavy (non-hydrogen) atoms. The van der Waals surface area contributed by atoms with E-state index in [0.29, 0.717) is 21.8 Å². The van der Waals surface area contributed by atoms with E-state index in [4.69, 9.17) is 0 Å². The number of pyridine rings is 1. The van der Waals surface area contributed by atoms with E-state index in [-0.39, 0.29) is 11.0 Å². The largest absolute Gasteiger partial charge is 0.478 e. The molecule has 2 aromatic carbocycles. The molecule has 0 fully saturated rings. The van der Waals surface area contributed by atoms with Crippen LogP contribution in [0.1, 0.15) is 10.4 Å². The summed E-state index contributed by atoms with van der Waals surface area (Å²) in [5, 5.41) is 10.2. The lowest BCUT2D eigenvalue weighted by Gasteiger charge is -2.06. The van der Waals surface area contributed by atoms with Gasteiger partial charge >= 0.3 is 5.97 Å². The summed E-state index contributed by atoms with van der Waals surface area (Å²) in [6.45, 7) is 0. The number of fused-ring (bicyclic) bond motifs is 2. The van der Waals surface area contributed by atoms with Crippen LogP contribution in [0.4, 0.5) is 0 Å². The first kappa shape index (κ1) is 12.7. The number of hydrogen-bond acceptors (Lipinski definition) is 3. The summed E-state index contributed by atoms with van der Waals surface area (Å²) in [5.41, 5.74) is 0.978. The first-order valence-corrected chi connectivity index (χ1v) is 7.20. The van der Waals surface area contributed by atoms with E-state index in [0.717, 1.165) is 4.90 Å². The van der Waals surface area contributed by atoms with E-state index >= 15 is 0 Å². The highest BCUT2D eigenvalue weighted by atomic mass is 32.2. The summed E-state index contributed by atoms with van der Waals surface area (Å²) >= 11 is 1.56. The Kier molecular flexibility index (Phi) is 2.99. The van der Waals surface area contributed by atoms with Crippen molar-refractivity contribution < 1.29 is 9.90 Å². The number of aromatic nitrogens is 1. The van der Waals surface area contributed by atoms with Crippen LogP contribution in [-0.4, -0.2) is 22.3 Å². The molecule has 1 heterocycles. The Hall–Kier alpha value is -2.27. The molecule has 1 aromatic heterocycles. The lowest BCUT2D eigenvalue weighted by Crippen LogP contribution is -2.08. The number of rotatable bonds is 2. The molecule has 0 unspecified atom stereocenters. The minimum absolute atomic E-state index is 0.107. The van der Waals surface area contributed by atoms with Crippen molar-refractivity contribution in [2.45, 2.75) is 4.90 Å². The number of aromatic carboxylic acids is 1. The zero-order chi connectivity index (χ0) is 14.3. The molecule has 0 aliphatic rings. The van der Waals surface area contributed by atoms with Crippen LogP contribution >= 0.6 is 11.8 Å². The van der Waals surface area contributed by atoms with Crippen LogP contribution in [0.3, 0.4) is 0 Å². The molecule has 4 nitrogen and oxygen atoms in total. The molecule has 3 aromatic rings. The van der Waals surface area contributed by atoms with Crippen LogP contribution in [0.5, 0.6) is 0 Å². The average Bonchev–Trinajstić information content (AvgIpc) is 2.46. The number of aromatic amines is 1. The molecular weight excluding hydrogens is 274 g/mol. The lowest BCUT2D eigenvalue weighted by atomic mass is 10.1. The van der Waals surface area contributed by atoms with Gasteiger partial charge < -0.3 is 10.1 Å². The van der Waals surface area contributed by atoms with Crippen LogP contribution in [-0.2, 0) is 0 Å². The maximum absolute atomic E-state index is 12.5. The first-order valence-electron chi connectivity index (χ1n) is 5.98. The average molecular weight is 285 g/mol. The molecule has 2 N–H and O–H groups in total. The van der Waals surface area contributed by atoms with Crippen molar-refractivity contribution in [1.82, 2.24) is 4.98 Å². The van der Waals surface area contributed by atoms with Gasteiger partial charge in [-0.15, -0.1) is 11.8 Å². The summed E-state index contributed by atoms with van der Waals surface area (Å²) in [7, 11) is 0. The van der Waals surface area contributed by atoms with Crippen LogP contribution in [0, 0.1) is 0 Å². The molecule has 5 heteroatoms. The number of benzene rings is 2. The van der Waals surface area contributed by atoms with Crippen molar-refractivity contribution in [2.75, 3.05) is 6.26 Å². The smallest absolute Gasteiger partial charge is 0.337 e. The SMILES string of the molecule is CSc1ccc2[nH]c3c(C(=O)O)cccc3c(=O)c2c1. The second-order valence-corrected chi connectivity index (χ2v) is 5.28. The Bertz CT molecular complexity index is 899. The molecule has 0 bridgehead atoms. The van der Waals surface area contributed by atoms with Gasteiger partial charge in [0.1, 0.15) is 0 Å². The van der Waals surface area contributed by atoms with Crippen molar-refractivity contribution in [3.8, 4) is 0 Å². The van der Waals surface area contributed by atoms with Gasteiger partial charge in [0.2, 0.25) is 0 Å². The maximum atomic E-state index is 12.5. The Balaban J connectivity index is 2.50. The fourth-order valence-electron chi connectivity index (χ4n) is 2.28. The van der Waals surface area contributed by atoms with Crippen LogP contribution in [0.25, 0.3) is 21.8 Å². The molecule has 0 atom stereocenters. The Morgan fingerprint density at radius 1 is 1.20 bits per heavy atom. The summed E-state index contributed by atoms with van der Waals surface area (Å²) in [6.07, 6.45) is 1.94. The van der Waals surface area contributed by atoms with E-state index in [1.54, 1.807) is 30.0 Å². The summed E-state index contributed by atoms with van der Waals surface area (Å²) < 4.78 is 0. The molecule has 0 radical (unpaired) electrons. The summed E-state index contributed by atoms with van der Waals surface area (Å²) in [6, 6.07) is 10.3. The van der Waals surface area contributed by atoms with Crippen molar-refractivity contribution in [3.63, 3.8) is 0 Å². The van der Waals surface area contributed by atoms with Gasteiger partial charge in [-0.05, 0) is 36.6 Å². The molecular formula is C15H11NO3S. The highest BCUT2D eigenvalue weighted by molar-refractivity contribution is 7.98. The molecule has 100 valence electrons. The number of thioether (sulfide) groups is 1. The molecule has 0 spiro atoms. The van der Waals surface area contributed by atoms with Gasteiger partial charge in [-0.1, -0.05) is 6.07 Å². The monoisotopic (exact) mass is 285 g/mol. The number of H-pyrrole nitrogens is 1. The van der Waals surface area contributed by atoms with Crippen LogP contribution in [0.15, 0.2) is 46.1 Å². The van der Waals surface area contributed by atoms with Gasteiger partial charge in [0.15, 0.2) is 5.43 Å². The third-order valence-corrected chi connectivity index (χ3v) is 4.00. The van der Waals surface area contributed by atoms with Gasteiger partial charge in [-0.2, -0.15) is 0 Å². The molecule has 0 aliphatic carbocycles. The molecule has 3 rings (SSSR count). The maximum Gasteiger partial charge on any atom is 0.337 e. The van der Waals surface area contributed by atoms with Crippen molar-refractivity contribution >= 4 is 39.5 Å². The van der Waals surface area contributed by atoms with E-state index in [1.807, 2.05) is 18.4 Å². The zero-order valence-corrected chi connectivity index (χ0v) is 11.5. The highest BCUT2D eigenvalue weighted by Gasteiger charge is 2.12. The van der Waals surface area contributed by atoms with Crippen LogP contribution in [0.2, 0.25) is 0 Å². The number of para-hydroxylation sites is 1. The number of carboxylic acid groups (broad SMARTS) is 1. The standard InChI is InChI=1S/C15H11NO3S/c1-20-8-5-6-12-11(7-8)14(17)9-3-2-4-10(15(18)19)13(9)16-12/h2-7H,1H3,(H,16,17)(H,18,19). The molecule has 0 aliphatic heterocycles. The van der Waals surface area contributed by atoms with Gasteiger partial charge in [0.25, 0.3) is 0 Å². The van der Waals surface area contributed by atoms with Crippen molar-refractivity contribution in [2.24, 2.45) is 0 Å². The highest BCUT2D eigenvalue weighted by Crippen LogP contribution is 2.22. The topological polar surface area (TPSA) is 70.2 Å². The third kappa shape index (κ3) is 1.87. The summed E-state index contributed by atoms with van der Waals surface area (Å²) in [5.74, 6) is -1.05. The lowest BCUT2D eigenvalue weighted by molar-refractivity contribution is 0.0699. The number of carboxylic acids is 1. The first-order chi connectivity index (χ1) is 9.61. The molecule has 0 amide bonds.